The molecule has 12 amide bonds. The van der Waals surface area contributed by atoms with Gasteiger partial charge in [-0.3, -0.25) is 82.5 Å². The fraction of sp³-hybridized carbons (Fsp3) is 0.589. The van der Waals surface area contributed by atoms with Gasteiger partial charge in [0.1, 0.15) is 60.2 Å². The van der Waals surface area contributed by atoms with Crippen LogP contribution in [-0.2, 0) is 67.1 Å². The minimum atomic E-state index is -1.96. The van der Waals surface area contributed by atoms with Crippen LogP contribution in [0.15, 0.2) is 28.0 Å². The number of hydrogen-bond acceptors (Lipinski definition) is 24. The lowest BCUT2D eigenvalue weighted by atomic mass is 10.0. The number of aromatic hydroxyl groups is 1. The van der Waals surface area contributed by atoms with Crippen LogP contribution in [0.2, 0.25) is 0 Å². The predicted octanol–water partition coefficient (Wildman–Crippen LogP) is -7.86. The molecule has 4 rings (SSSR count). The molecule has 3 heterocycles. The maximum Gasteiger partial charge on any atom is 0.306 e. The predicted molar refractivity (Wildman–Crippen MR) is 328 cm³/mol. The second kappa shape index (κ2) is 38.4. The number of hydrogen-bond donors (Lipinski definition) is 20. The average molecular weight is 1350 g/mol. The summed E-state index contributed by atoms with van der Waals surface area (Å²) in [6.45, 7) is -0.959. The first kappa shape index (κ1) is 77.6. The molecule has 11 atom stereocenters. The molecule has 39 heteroatoms. The zero-order valence-electron chi connectivity index (χ0n) is 52.4. The lowest BCUT2D eigenvalue weighted by Gasteiger charge is -2.34. The van der Waals surface area contributed by atoms with Gasteiger partial charge in [-0.25, -0.2) is 10.1 Å². The molecule has 0 radical (unpaired) electrons. The zero-order chi connectivity index (χ0) is 70.6. The Balaban J connectivity index is 1.63. The largest absolute Gasteiger partial charge is 0.504 e. The molecule has 1 saturated heterocycles. The summed E-state index contributed by atoms with van der Waals surface area (Å²) in [5, 5.41) is 99.8. The lowest BCUT2D eigenvalue weighted by molar-refractivity contribution is -0.150. The standard InChI is InChI=1S/C56H85N17O22/c1-28(78)44-54(91)60-16-5-4-9-31(47(84)64-34(12-8-20-72(94)27-77)50(87)69-45(29(2)79)55(92)70-44)63-48(85)33(11-7-19-71(93)26-76)66-51(88)36(24-74)67-49(86)32(10-6-17-61-56(57)58)65-52(89)37(25-75)68-53(90)38-15-18-59-46-35(62-42(82)13-14-43(83)95-3)21-30-22-40(80)41(81)23-39(30)73(38)46/h21-23,26-29,31-34,36-38,44-45,59,74-75,78-80,93-94H,4-20,24-25H2,1-3H3,(H,60,91)(H,62,82)(H,63,85)(H,64,84)(H,65,89)(H,66,88)(H,67,86)(H,68,90)(H,69,87)(H,70,92)(H4,57,58,61). The quantitative estimate of drug-likeness (QED) is 0.00615. The van der Waals surface area contributed by atoms with Crippen molar-refractivity contribution in [3.63, 3.8) is 0 Å². The highest BCUT2D eigenvalue weighted by molar-refractivity contribution is 6.00. The number of amides is 12. The van der Waals surface area contributed by atoms with Crippen LogP contribution >= 0.6 is 0 Å². The third-order valence-electron chi connectivity index (χ3n) is 15.0. The minimum Gasteiger partial charge on any atom is -0.504 e. The van der Waals surface area contributed by atoms with Gasteiger partial charge in [0, 0.05) is 50.8 Å². The van der Waals surface area contributed by atoms with Gasteiger partial charge < -0.3 is 105 Å². The number of nitrogens with zero attached hydrogens (tertiary/aromatic N) is 4. The molecule has 95 heavy (non-hydrogen) atoms. The smallest absolute Gasteiger partial charge is 0.306 e. The summed E-state index contributed by atoms with van der Waals surface area (Å²) in [4.78, 5) is 190. The zero-order valence-corrected chi connectivity index (χ0v) is 52.4. The van der Waals surface area contributed by atoms with E-state index in [0.717, 1.165) is 26.2 Å². The molecule has 1 aliphatic carbocycles. The maximum atomic E-state index is 14.4. The molecule has 1 fully saturated rings. The van der Waals surface area contributed by atoms with E-state index in [1.165, 1.54) is 17.6 Å². The fourth-order valence-corrected chi connectivity index (χ4v) is 9.93. The SMILES string of the molecule is COC(=O)CCC(=O)Nc1cc2cc(O)c(=O)cc-2n2c1NCCC2C(=O)NC(CO)C(=O)NC(CCCN=C(N)N)C(=O)NC(CO)C(=O)NC(CCCN(O)C=O)C(=O)NC1CCCCNC(=O)C(C(C)O)NC(=O)C(C(C)O)NC(=O)C(CCCN(O)C=O)NC1=O. The number of fused-ring (bicyclic) bond motifs is 3. The molecule has 0 spiro atoms. The third kappa shape index (κ3) is 23.9. The molecule has 0 aromatic carbocycles. The topological polar surface area (TPSA) is 598 Å². The molecule has 39 nitrogen and oxygen atoms in total. The number of methoxy groups -OCH3 is 1. The number of ether oxygens (including phenoxy) is 1. The van der Waals surface area contributed by atoms with E-state index in [1.807, 2.05) is 0 Å². The normalized spacial score (nSPS) is 19.6. The van der Waals surface area contributed by atoms with E-state index in [9.17, 15) is 103 Å². The van der Waals surface area contributed by atoms with Gasteiger partial charge in [0.15, 0.2) is 11.7 Å². The van der Waals surface area contributed by atoms with Gasteiger partial charge in [-0.15, -0.1) is 0 Å². The number of aliphatic hydroxyl groups is 4. The molecule has 0 saturated carbocycles. The number of aliphatic hydroxyl groups excluding tert-OH is 4. The van der Waals surface area contributed by atoms with Crippen molar-refractivity contribution < 1.29 is 103 Å². The van der Waals surface area contributed by atoms with E-state index in [0.29, 0.717) is 0 Å². The number of pyridine rings is 1. The third-order valence-corrected chi connectivity index (χ3v) is 15.0. The number of guanidine groups is 1. The molecular formula is C56H85N17O22. The summed E-state index contributed by atoms with van der Waals surface area (Å²) >= 11 is 0. The Hall–Kier alpha value is -9.83. The van der Waals surface area contributed by atoms with E-state index in [4.69, 9.17) is 11.5 Å². The first-order valence-electron chi connectivity index (χ1n) is 30.3. The first-order valence-corrected chi connectivity index (χ1v) is 30.3. The van der Waals surface area contributed by atoms with Crippen molar-refractivity contribution in [3.05, 3.63) is 28.4 Å². The van der Waals surface area contributed by atoms with Crippen molar-refractivity contribution in [1.82, 2.24) is 62.5 Å². The number of nitrogens with two attached hydrogens (primary N) is 2. The van der Waals surface area contributed by atoms with Crippen molar-refractivity contribution in [2.24, 2.45) is 16.5 Å². The summed E-state index contributed by atoms with van der Waals surface area (Å²) in [6, 6.07) is -11.6. The second-order valence-electron chi connectivity index (χ2n) is 22.3. The van der Waals surface area contributed by atoms with Gasteiger partial charge in [-0.05, 0) is 90.2 Å². The summed E-state index contributed by atoms with van der Waals surface area (Å²) < 4.78 is 5.93. The Morgan fingerprint density at radius 2 is 1.28 bits per heavy atom. The Morgan fingerprint density at radius 1 is 0.705 bits per heavy atom. The summed E-state index contributed by atoms with van der Waals surface area (Å²) in [6.07, 6.45) is -5.40. The van der Waals surface area contributed by atoms with Crippen molar-refractivity contribution in [2.45, 2.75) is 157 Å². The number of esters is 1. The van der Waals surface area contributed by atoms with Crippen molar-refractivity contribution in [3.8, 4) is 17.0 Å². The van der Waals surface area contributed by atoms with Crippen molar-refractivity contribution in [2.75, 3.05) is 63.7 Å². The Bertz CT molecular complexity index is 3110. The fourth-order valence-electron chi connectivity index (χ4n) is 9.93. The lowest BCUT2D eigenvalue weighted by Crippen LogP contribution is -2.62. The molecule has 0 aromatic rings. The van der Waals surface area contributed by atoms with Crippen molar-refractivity contribution >= 4 is 95.3 Å². The summed E-state index contributed by atoms with van der Waals surface area (Å²) in [5.41, 5.74) is 10.4. The van der Waals surface area contributed by atoms with Crippen LogP contribution in [0.3, 0.4) is 0 Å². The summed E-state index contributed by atoms with van der Waals surface area (Å²) in [7, 11) is 1.14. The number of nitrogens with one attached hydrogen (secondary N) is 11. The Morgan fingerprint density at radius 3 is 1.89 bits per heavy atom. The molecular weight excluding hydrogens is 1260 g/mol. The van der Waals surface area contributed by atoms with E-state index < -0.39 is 169 Å². The maximum absolute atomic E-state index is 14.4. The highest BCUT2D eigenvalue weighted by Crippen LogP contribution is 2.40. The van der Waals surface area contributed by atoms with E-state index in [-0.39, 0.29) is 148 Å². The van der Waals surface area contributed by atoms with E-state index in [1.54, 1.807) is 0 Å². The molecule has 3 aliphatic heterocycles. The van der Waals surface area contributed by atoms with Crippen molar-refractivity contribution in [1.29, 1.82) is 0 Å². The molecule has 0 aromatic heterocycles. The van der Waals surface area contributed by atoms with Crippen LogP contribution in [-0.4, -0.2) is 248 Å². The molecule has 11 unspecified atom stereocenters. The molecule has 4 aliphatic rings. The van der Waals surface area contributed by atoms with E-state index >= 15 is 0 Å². The van der Waals surface area contributed by atoms with Crippen LogP contribution in [0.1, 0.15) is 96.9 Å². The number of rotatable bonds is 32. The molecule has 526 valence electrons. The van der Waals surface area contributed by atoms with Crippen LogP contribution in [0, 0.1) is 0 Å². The van der Waals surface area contributed by atoms with Gasteiger partial charge in [0.25, 0.3) is 0 Å². The number of phenolic OH excluding ortho intramolecular Hbond substituents is 1. The van der Waals surface area contributed by atoms with Gasteiger partial charge >= 0.3 is 5.97 Å². The number of carbonyl (C=O) groups excluding carboxylic acids is 13. The Labute approximate surface area is 542 Å². The number of benzene rings is 1. The molecule has 0 bridgehead atoms. The van der Waals surface area contributed by atoms with Gasteiger partial charge in [-0.2, -0.15) is 0 Å². The van der Waals surface area contributed by atoms with Crippen LogP contribution in [0.25, 0.3) is 11.3 Å². The minimum absolute atomic E-state index is 0.0271. The number of phenols is 1. The number of hydroxylamine groups is 4. The monoisotopic (exact) mass is 1350 g/mol. The number of anilines is 2. The van der Waals surface area contributed by atoms with Crippen LogP contribution in [0.4, 0.5) is 11.5 Å². The van der Waals surface area contributed by atoms with Crippen LogP contribution in [0.5, 0.6) is 5.75 Å². The highest BCUT2D eigenvalue weighted by atomic mass is 16.5. The van der Waals surface area contributed by atoms with Crippen LogP contribution < -0.4 is 75.4 Å². The average Bonchev–Trinajstić information content (AvgIpc) is 0.750. The Kier molecular flexibility index (Phi) is 31.4. The summed E-state index contributed by atoms with van der Waals surface area (Å²) in [5.74, 6) is -12.1. The number of carbonyl (C=O) groups is 13. The second-order valence-corrected chi connectivity index (χ2v) is 22.3. The first-order chi connectivity index (χ1) is 45.1. The highest BCUT2D eigenvalue weighted by Gasteiger charge is 2.38. The van der Waals surface area contributed by atoms with Gasteiger partial charge in [-0.1, -0.05) is 0 Å². The van der Waals surface area contributed by atoms with Gasteiger partial charge in [0.2, 0.25) is 77.3 Å². The number of aliphatic imine (C=N–C) groups is 1. The van der Waals surface area contributed by atoms with Gasteiger partial charge in [0.05, 0.1) is 50.3 Å². The number of aromatic nitrogens is 1. The van der Waals surface area contributed by atoms with E-state index in [2.05, 4.69) is 68.2 Å². The molecule has 22 N–H and O–H groups in total.